The topological polar surface area (TPSA) is 84.6 Å². The Morgan fingerprint density at radius 1 is 0.811 bits per heavy atom. The van der Waals surface area contributed by atoms with Crippen molar-refractivity contribution in [2.45, 2.75) is 58.8 Å². The largest absolute Gasteiger partial charge is 0.506 e. The molecule has 0 aromatic heterocycles. The van der Waals surface area contributed by atoms with Crippen LogP contribution in [0, 0.1) is 0 Å². The number of para-hydroxylation sites is 1. The van der Waals surface area contributed by atoms with E-state index in [2.05, 4.69) is 53.4 Å². The lowest BCUT2D eigenvalue weighted by molar-refractivity contribution is -0.478. The molecule has 0 saturated carbocycles. The molecule has 1 atom stereocenters. The second-order valence-corrected chi connectivity index (χ2v) is 11.2. The smallest absolute Gasteiger partial charge is 0.377 e. The van der Waals surface area contributed by atoms with Gasteiger partial charge in [0.15, 0.2) is 0 Å². The number of rotatable bonds is 21. The van der Waals surface area contributed by atoms with Gasteiger partial charge in [-0.15, -0.1) is 0 Å². The van der Waals surface area contributed by atoms with E-state index in [1.54, 1.807) is 7.11 Å². The Morgan fingerprint density at radius 2 is 1.41 bits per heavy atom. The monoisotopic (exact) mass is 534 g/mol. The highest BCUT2D eigenvalue weighted by Crippen LogP contribution is 2.29. The van der Waals surface area contributed by atoms with Gasteiger partial charge in [0, 0.05) is 38.5 Å². The van der Waals surface area contributed by atoms with Crippen LogP contribution < -0.4 is 10.6 Å². The van der Waals surface area contributed by atoms with E-state index in [1.807, 2.05) is 32.9 Å². The van der Waals surface area contributed by atoms with Gasteiger partial charge in [-0.3, -0.25) is 4.43 Å². The first kappa shape index (κ1) is 31.4. The third-order valence-electron chi connectivity index (χ3n) is 5.72. The number of ether oxygens (including phenoxy) is 3. The van der Waals surface area contributed by atoms with E-state index in [0.717, 1.165) is 38.0 Å². The molecule has 0 bridgehead atoms. The van der Waals surface area contributed by atoms with Crippen LogP contribution in [0.5, 0.6) is 0 Å². The highest BCUT2D eigenvalue weighted by atomic mass is 28.4. The van der Waals surface area contributed by atoms with Crippen LogP contribution >= 0.6 is 0 Å². The molecule has 0 saturated heterocycles. The van der Waals surface area contributed by atoms with Crippen LogP contribution in [0.1, 0.15) is 45.6 Å². The predicted octanol–water partition coefficient (Wildman–Crippen LogP) is 5.16. The molecule has 0 aliphatic carbocycles. The van der Waals surface area contributed by atoms with Crippen LogP contribution in [0.3, 0.4) is 0 Å². The Morgan fingerprint density at radius 3 is 1.95 bits per heavy atom. The molecule has 9 heteroatoms. The first-order valence-electron chi connectivity index (χ1n) is 13.4. The molecular formula is C28H46N2O6Si. The molecule has 0 spiro atoms. The van der Waals surface area contributed by atoms with Gasteiger partial charge in [-0.05, 0) is 64.3 Å². The molecule has 0 heterocycles. The molecule has 8 nitrogen and oxygen atoms in total. The van der Waals surface area contributed by atoms with Crippen molar-refractivity contribution >= 4 is 14.5 Å². The number of nitrogens with zero attached hydrogens (tertiary/aromatic N) is 1. The highest BCUT2D eigenvalue weighted by Gasteiger charge is 2.51. The van der Waals surface area contributed by atoms with Crippen molar-refractivity contribution in [2.75, 3.05) is 51.5 Å². The summed E-state index contributed by atoms with van der Waals surface area (Å²) < 4.78 is 36.4. The molecule has 2 aromatic carbocycles. The van der Waals surface area contributed by atoms with Crippen molar-refractivity contribution in [3.05, 3.63) is 66.2 Å². The van der Waals surface area contributed by atoms with Gasteiger partial charge in [0.05, 0.1) is 19.8 Å². The zero-order chi connectivity index (χ0) is 26.8. The first-order chi connectivity index (χ1) is 18.1. The quantitative estimate of drug-likeness (QED) is 0.134. The molecule has 2 rings (SSSR count). The number of benzene rings is 2. The fourth-order valence-corrected chi connectivity index (χ4v) is 6.31. The van der Waals surface area contributed by atoms with Crippen LogP contribution in [-0.2, 0) is 34.0 Å². The second-order valence-electron chi connectivity index (χ2n) is 8.48. The zero-order valence-electron chi connectivity index (χ0n) is 23.0. The van der Waals surface area contributed by atoms with Crippen LogP contribution in [0.15, 0.2) is 60.7 Å². The van der Waals surface area contributed by atoms with Crippen LogP contribution in [0.2, 0.25) is 6.04 Å². The third kappa shape index (κ3) is 10.8. The SMILES string of the molecule is CCOC(OCC)(OCC)O[Si](CCCN(Cc1ccccc1)c1ccccc1)(OC)OCCCCN. The summed E-state index contributed by atoms with van der Waals surface area (Å²) in [4.78, 5) is 2.36. The van der Waals surface area contributed by atoms with Crippen LogP contribution in [0.4, 0.5) is 5.69 Å². The van der Waals surface area contributed by atoms with Crippen molar-refractivity contribution in [3.63, 3.8) is 0 Å². The van der Waals surface area contributed by atoms with Gasteiger partial charge in [-0.1, -0.05) is 48.5 Å². The summed E-state index contributed by atoms with van der Waals surface area (Å²) in [6.45, 7) is 9.33. The fraction of sp³-hybridized carbons (Fsp3) is 0.571. The molecular weight excluding hydrogens is 488 g/mol. The maximum atomic E-state index is 6.46. The van der Waals surface area contributed by atoms with E-state index in [1.165, 1.54) is 5.56 Å². The number of unbranched alkanes of at least 4 members (excludes halogenated alkanes) is 1. The minimum absolute atomic E-state index is 0.347. The van der Waals surface area contributed by atoms with Crippen LogP contribution in [0.25, 0.3) is 0 Å². The second kappa shape index (κ2) is 17.6. The van der Waals surface area contributed by atoms with Gasteiger partial charge < -0.3 is 33.7 Å². The summed E-state index contributed by atoms with van der Waals surface area (Å²) in [6, 6.07) is 21.5. The molecule has 0 aliphatic rings. The summed E-state index contributed by atoms with van der Waals surface area (Å²) >= 11 is 0. The van der Waals surface area contributed by atoms with E-state index in [-0.39, 0.29) is 0 Å². The standard InChI is InChI=1S/C28H46N2O6Si/c1-5-32-28(33-6-2,34-7-3)36-37(31-4,35-23-15-14-21-29)24-16-22-30(27-19-12-9-13-20-27)25-26-17-10-8-11-18-26/h8-13,17-20H,5-7,14-16,21-25,29H2,1-4H3. The lowest BCUT2D eigenvalue weighted by Crippen LogP contribution is -2.56. The molecule has 0 aliphatic heterocycles. The summed E-state index contributed by atoms with van der Waals surface area (Å²) in [7, 11) is -1.64. The average molecular weight is 535 g/mol. The van der Waals surface area contributed by atoms with E-state index in [9.17, 15) is 0 Å². The minimum Gasteiger partial charge on any atom is -0.377 e. The van der Waals surface area contributed by atoms with Gasteiger partial charge in [0.1, 0.15) is 0 Å². The molecule has 2 aromatic rings. The van der Waals surface area contributed by atoms with E-state index in [4.69, 9.17) is 33.2 Å². The molecule has 208 valence electrons. The lowest BCUT2D eigenvalue weighted by atomic mass is 10.2. The normalized spacial score (nSPS) is 13.4. The van der Waals surface area contributed by atoms with Crippen molar-refractivity contribution in [3.8, 4) is 0 Å². The molecule has 0 fully saturated rings. The van der Waals surface area contributed by atoms with E-state index in [0.29, 0.717) is 39.0 Å². The number of anilines is 1. The summed E-state index contributed by atoms with van der Waals surface area (Å²) in [5.74, 6) is 0. The Kier molecular flexibility index (Phi) is 15.0. The molecule has 2 N–H and O–H groups in total. The van der Waals surface area contributed by atoms with E-state index < -0.39 is 15.0 Å². The van der Waals surface area contributed by atoms with Gasteiger partial charge in [0.25, 0.3) is 0 Å². The molecule has 1 unspecified atom stereocenters. The van der Waals surface area contributed by atoms with Crippen molar-refractivity contribution in [1.29, 1.82) is 0 Å². The zero-order valence-corrected chi connectivity index (χ0v) is 24.0. The Hall–Kier alpha value is -1.82. The maximum Gasteiger partial charge on any atom is 0.506 e. The van der Waals surface area contributed by atoms with Crippen molar-refractivity contribution in [2.24, 2.45) is 5.73 Å². The third-order valence-corrected chi connectivity index (χ3v) is 8.52. The fourth-order valence-electron chi connectivity index (χ4n) is 3.99. The van der Waals surface area contributed by atoms with E-state index >= 15 is 0 Å². The van der Waals surface area contributed by atoms with Gasteiger partial charge in [0.2, 0.25) is 0 Å². The number of hydrogen-bond donors (Lipinski definition) is 1. The highest BCUT2D eigenvalue weighted by molar-refractivity contribution is 6.60. The predicted molar refractivity (Wildman–Crippen MR) is 149 cm³/mol. The number of hydrogen-bond acceptors (Lipinski definition) is 8. The van der Waals surface area contributed by atoms with Gasteiger partial charge in [-0.2, -0.15) is 0 Å². The maximum absolute atomic E-state index is 6.46. The minimum atomic E-state index is -3.27. The molecule has 37 heavy (non-hydrogen) atoms. The molecule has 0 amide bonds. The lowest BCUT2D eigenvalue weighted by Gasteiger charge is -2.38. The summed E-state index contributed by atoms with van der Waals surface area (Å²) in [6.07, 6.45) is 0.782. The Bertz CT molecular complexity index is 815. The van der Waals surface area contributed by atoms with Crippen molar-refractivity contribution in [1.82, 2.24) is 0 Å². The molecule has 0 radical (unpaired) electrons. The van der Waals surface area contributed by atoms with Gasteiger partial charge >= 0.3 is 15.0 Å². The summed E-state index contributed by atoms with van der Waals surface area (Å²) in [5.41, 5.74) is 8.10. The Balaban J connectivity index is 2.22. The van der Waals surface area contributed by atoms with Crippen LogP contribution in [-0.4, -0.2) is 61.6 Å². The van der Waals surface area contributed by atoms with Crippen molar-refractivity contribution < 1.29 is 27.5 Å². The number of nitrogens with two attached hydrogens (primary N) is 1. The Labute approximate surface area is 224 Å². The first-order valence-corrected chi connectivity index (χ1v) is 15.3. The summed E-state index contributed by atoms with van der Waals surface area (Å²) in [5, 5.41) is 0. The average Bonchev–Trinajstić information content (AvgIpc) is 2.92. The van der Waals surface area contributed by atoms with Gasteiger partial charge in [-0.25, -0.2) is 0 Å².